The third kappa shape index (κ3) is 6.01. The number of aryl methyl sites for hydroxylation is 2. The average Bonchev–Trinajstić information content (AvgIpc) is 3.57. The number of fused-ring (bicyclic) bond motifs is 8. The Morgan fingerprint density at radius 3 is 2.78 bits per heavy atom. The molecule has 196 valence electrons. The molecule has 2 aromatic heterocycles. The van der Waals surface area contributed by atoms with Crippen molar-refractivity contribution in [3.8, 4) is 5.75 Å². The van der Waals surface area contributed by atoms with Crippen molar-refractivity contribution in [3.05, 3.63) is 57.8 Å². The Balaban J connectivity index is 1.31. The Labute approximate surface area is 221 Å². The van der Waals surface area contributed by atoms with Crippen LogP contribution in [0.5, 0.6) is 5.75 Å². The summed E-state index contributed by atoms with van der Waals surface area (Å²) in [5, 5.41) is 14.7. The van der Waals surface area contributed by atoms with E-state index in [2.05, 4.69) is 27.5 Å². The molecule has 0 atom stereocenters. The topological polar surface area (TPSA) is 102 Å². The number of hydrogen-bond acceptors (Lipinski definition) is 7. The van der Waals surface area contributed by atoms with Crippen molar-refractivity contribution in [1.82, 2.24) is 30.2 Å². The Morgan fingerprint density at radius 1 is 1.19 bits per heavy atom. The molecule has 1 spiro atoms. The fraction of sp³-hybridized carbons (Fsp3) is 0.519. The number of nitrogens with one attached hydrogen (secondary N) is 1. The van der Waals surface area contributed by atoms with Gasteiger partial charge < -0.3 is 15.0 Å². The number of ether oxygens (including phenoxy) is 1. The van der Waals surface area contributed by atoms with E-state index in [1.165, 1.54) is 0 Å². The number of piperidine rings is 1. The van der Waals surface area contributed by atoms with Gasteiger partial charge in [-0.3, -0.25) is 14.3 Å². The highest BCUT2D eigenvalue weighted by atomic mass is 32.1. The lowest BCUT2D eigenvalue weighted by atomic mass is 9.74. The minimum Gasteiger partial charge on any atom is -0.494 e. The van der Waals surface area contributed by atoms with Crippen LogP contribution >= 0.6 is 11.3 Å². The lowest BCUT2D eigenvalue weighted by Gasteiger charge is -2.40. The number of rotatable bonds is 3. The van der Waals surface area contributed by atoms with Crippen LogP contribution in [0.1, 0.15) is 59.4 Å². The molecule has 1 saturated heterocycles. The van der Waals surface area contributed by atoms with Crippen LogP contribution < -0.4 is 10.1 Å². The van der Waals surface area contributed by atoms with Gasteiger partial charge in [-0.15, -0.1) is 16.4 Å². The Bertz CT molecular complexity index is 1210. The third-order valence-electron chi connectivity index (χ3n) is 7.25. The highest BCUT2D eigenvalue weighted by molar-refractivity contribution is 7.09. The number of hydrogen-bond donors (Lipinski definition) is 1. The Morgan fingerprint density at radius 2 is 2.00 bits per heavy atom. The maximum Gasteiger partial charge on any atom is 0.273 e. The summed E-state index contributed by atoms with van der Waals surface area (Å²) in [7, 11) is 0. The van der Waals surface area contributed by atoms with Gasteiger partial charge in [-0.1, -0.05) is 24.3 Å². The fourth-order valence-corrected chi connectivity index (χ4v) is 5.95. The van der Waals surface area contributed by atoms with E-state index in [0.29, 0.717) is 57.7 Å². The molecular formula is C27H34N6O3S. The first-order valence-corrected chi connectivity index (χ1v) is 14.1. The summed E-state index contributed by atoms with van der Waals surface area (Å²) < 4.78 is 7.67. The van der Waals surface area contributed by atoms with Crippen molar-refractivity contribution >= 4 is 23.2 Å². The van der Waals surface area contributed by atoms with E-state index in [-0.39, 0.29) is 11.8 Å². The van der Waals surface area contributed by atoms with Crippen molar-refractivity contribution < 1.29 is 14.3 Å². The van der Waals surface area contributed by atoms with Gasteiger partial charge in [0.1, 0.15) is 11.4 Å². The van der Waals surface area contributed by atoms with Gasteiger partial charge in [-0.25, -0.2) is 4.98 Å². The van der Waals surface area contributed by atoms with Gasteiger partial charge in [0.2, 0.25) is 5.91 Å². The summed E-state index contributed by atoms with van der Waals surface area (Å²) in [4.78, 5) is 33.1. The number of benzene rings is 1. The number of carbonyl (C=O) groups is 2. The first-order valence-electron chi connectivity index (χ1n) is 13.2. The molecule has 4 bridgehead atoms. The molecule has 3 aliphatic rings. The highest BCUT2D eigenvalue weighted by Gasteiger charge is 2.43. The molecule has 1 aromatic carbocycles. The number of likely N-dealkylation sites (tertiary alicyclic amines) is 1. The van der Waals surface area contributed by atoms with Gasteiger partial charge >= 0.3 is 0 Å². The van der Waals surface area contributed by atoms with Crippen molar-refractivity contribution in [2.75, 3.05) is 26.2 Å². The van der Waals surface area contributed by atoms with Crippen LogP contribution in [0.4, 0.5) is 0 Å². The second kappa shape index (κ2) is 11.4. The molecular weight excluding hydrogens is 488 g/mol. The first-order chi connectivity index (χ1) is 18.0. The van der Waals surface area contributed by atoms with Gasteiger partial charge in [-0.05, 0) is 49.8 Å². The second-order valence-electron chi connectivity index (χ2n) is 9.95. The zero-order valence-corrected chi connectivity index (χ0v) is 22.1. The monoisotopic (exact) mass is 522 g/mol. The van der Waals surface area contributed by atoms with Gasteiger partial charge in [0.15, 0.2) is 0 Å². The fourth-order valence-electron chi connectivity index (χ4n) is 5.07. The molecule has 9 nitrogen and oxygen atoms in total. The molecule has 3 aliphatic heterocycles. The van der Waals surface area contributed by atoms with E-state index < -0.39 is 5.41 Å². The van der Waals surface area contributed by atoms with Crippen LogP contribution in [-0.4, -0.2) is 62.9 Å². The van der Waals surface area contributed by atoms with E-state index in [0.717, 1.165) is 47.7 Å². The number of amides is 2. The summed E-state index contributed by atoms with van der Waals surface area (Å²) in [6, 6.07) is 8.05. The number of aromatic nitrogens is 4. The van der Waals surface area contributed by atoms with E-state index in [1.807, 2.05) is 45.4 Å². The average molecular weight is 523 g/mol. The predicted octanol–water partition coefficient (Wildman–Crippen LogP) is 3.29. The SMILES string of the molecule is CCCc1nc(C(=O)N2CCC3(CC2)Cc2cn(nn2)CCCOc2ccc(cc2)CCNC3=O)cs1. The molecule has 6 rings (SSSR count). The number of nitrogens with zero attached hydrogens (tertiary/aromatic N) is 5. The van der Waals surface area contributed by atoms with Crippen LogP contribution in [0, 0.1) is 5.41 Å². The minimum atomic E-state index is -0.631. The molecule has 3 aromatic rings. The van der Waals surface area contributed by atoms with Gasteiger partial charge in [0.05, 0.1) is 22.7 Å². The summed E-state index contributed by atoms with van der Waals surface area (Å²) in [6.07, 6.45) is 7.03. The summed E-state index contributed by atoms with van der Waals surface area (Å²) in [6.45, 7) is 4.98. The van der Waals surface area contributed by atoms with Crippen LogP contribution in [0.15, 0.2) is 35.8 Å². The lowest BCUT2D eigenvalue weighted by molar-refractivity contribution is -0.133. The summed E-state index contributed by atoms with van der Waals surface area (Å²) in [5.41, 5.74) is 1.84. The Hall–Kier alpha value is -3.27. The maximum absolute atomic E-state index is 13.6. The quantitative estimate of drug-likeness (QED) is 0.566. The molecule has 0 aliphatic carbocycles. The normalized spacial score (nSPS) is 18.3. The van der Waals surface area contributed by atoms with Crippen LogP contribution in [-0.2, 0) is 30.6 Å². The van der Waals surface area contributed by atoms with E-state index in [4.69, 9.17) is 4.74 Å². The van der Waals surface area contributed by atoms with Crippen molar-refractivity contribution in [2.45, 2.75) is 58.4 Å². The van der Waals surface area contributed by atoms with Crippen LogP contribution in [0.2, 0.25) is 0 Å². The zero-order valence-electron chi connectivity index (χ0n) is 21.3. The molecule has 37 heavy (non-hydrogen) atoms. The lowest BCUT2D eigenvalue weighted by Crippen LogP contribution is -2.51. The minimum absolute atomic E-state index is 0.0253. The molecule has 0 saturated carbocycles. The maximum atomic E-state index is 13.6. The molecule has 5 heterocycles. The van der Waals surface area contributed by atoms with Crippen LogP contribution in [0.25, 0.3) is 0 Å². The van der Waals surface area contributed by atoms with E-state index in [9.17, 15) is 9.59 Å². The number of carbonyl (C=O) groups excluding carboxylic acids is 2. The standard InChI is InChI=1S/C27H34N6O3S/c1-2-4-24-29-23(19-37-24)25(34)32-14-10-27(11-15-32)17-21-18-33(31-30-21)13-3-16-36-22-7-5-20(6-8-22)9-12-28-26(27)35/h5-8,18-19H,2-4,9-17H2,1H3,(H,28,35). The highest BCUT2D eigenvalue weighted by Crippen LogP contribution is 2.36. The molecule has 10 heteroatoms. The predicted molar refractivity (Wildman–Crippen MR) is 141 cm³/mol. The van der Waals surface area contributed by atoms with Crippen molar-refractivity contribution in [1.29, 1.82) is 0 Å². The second-order valence-corrected chi connectivity index (χ2v) is 10.9. The smallest absolute Gasteiger partial charge is 0.273 e. The van der Waals surface area contributed by atoms with Gasteiger partial charge in [0.25, 0.3) is 5.91 Å². The zero-order chi connectivity index (χ0) is 25.7. The Kier molecular flexibility index (Phi) is 7.83. The molecule has 2 amide bonds. The van der Waals surface area contributed by atoms with Gasteiger partial charge in [0, 0.05) is 50.6 Å². The van der Waals surface area contributed by atoms with Crippen molar-refractivity contribution in [3.63, 3.8) is 0 Å². The first kappa shape index (κ1) is 25.4. The molecule has 1 fully saturated rings. The molecule has 1 N–H and O–H groups in total. The van der Waals surface area contributed by atoms with E-state index >= 15 is 0 Å². The molecule has 0 radical (unpaired) electrons. The largest absolute Gasteiger partial charge is 0.494 e. The van der Waals surface area contributed by atoms with E-state index in [1.54, 1.807) is 11.3 Å². The third-order valence-corrected chi connectivity index (χ3v) is 8.16. The van der Waals surface area contributed by atoms with Crippen LogP contribution in [0.3, 0.4) is 0 Å². The van der Waals surface area contributed by atoms with Crippen molar-refractivity contribution in [2.24, 2.45) is 5.41 Å². The summed E-state index contributed by atoms with van der Waals surface area (Å²) in [5.74, 6) is 0.822. The van der Waals surface area contributed by atoms with Gasteiger partial charge in [-0.2, -0.15) is 0 Å². The molecule has 0 unspecified atom stereocenters. The number of thiazole rings is 1. The summed E-state index contributed by atoms with van der Waals surface area (Å²) >= 11 is 1.54.